The van der Waals surface area contributed by atoms with Crippen LogP contribution in [-0.4, -0.2) is 29.2 Å². The van der Waals surface area contributed by atoms with Gasteiger partial charge in [-0.3, -0.25) is 0 Å². The molecule has 1 aliphatic rings. The first-order chi connectivity index (χ1) is 7.72. The van der Waals surface area contributed by atoms with Crippen molar-refractivity contribution in [3.63, 3.8) is 0 Å². The lowest BCUT2D eigenvalue weighted by atomic mass is 10.0. The number of ether oxygens (including phenoxy) is 1. The summed E-state index contributed by atoms with van der Waals surface area (Å²) in [6.45, 7) is 3.53. The number of rotatable bonds is 2. The fourth-order valence-electron chi connectivity index (χ4n) is 1.74. The molecule has 0 unspecified atom stereocenters. The molecular weight excluding hydrogens is 208 g/mol. The summed E-state index contributed by atoms with van der Waals surface area (Å²) in [6.07, 6.45) is 0.770. The zero-order chi connectivity index (χ0) is 11.5. The van der Waals surface area contributed by atoms with Crippen molar-refractivity contribution in [1.29, 1.82) is 0 Å². The smallest absolute Gasteiger partial charge is 0.343 e. The molecule has 0 bridgehead atoms. The van der Waals surface area contributed by atoms with Crippen LogP contribution in [0.2, 0.25) is 0 Å². The van der Waals surface area contributed by atoms with Gasteiger partial charge in [0.1, 0.15) is 5.56 Å². The summed E-state index contributed by atoms with van der Waals surface area (Å²) in [7, 11) is 0. The summed E-state index contributed by atoms with van der Waals surface area (Å²) in [5.41, 5.74) is 1.95. The molecule has 0 fully saturated rings. The van der Waals surface area contributed by atoms with E-state index >= 15 is 0 Å². The standard InChI is InChI=1S/C11H14N2O3/c1-2-16-11(15)8-5-7-6-12-4-3-9(7)13-10(8)14/h5,12H,2-4,6H2,1H3,(H,13,14). The molecule has 1 aromatic rings. The average molecular weight is 222 g/mol. The van der Waals surface area contributed by atoms with Crippen LogP contribution in [0.3, 0.4) is 0 Å². The normalized spacial score (nSPS) is 14.3. The van der Waals surface area contributed by atoms with Gasteiger partial charge in [-0.05, 0) is 18.6 Å². The Morgan fingerprint density at radius 2 is 2.50 bits per heavy atom. The zero-order valence-corrected chi connectivity index (χ0v) is 9.12. The maximum absolute atomic E-state index is 11.5. The first kappa shape index (κ1) is 10.9. The molecule has 0 aliphatic carbocycles. The number of aromatic nitrogens is 1. The van der Waals surface area contributed by atoms with Gasteiger partial charge in [-0.1, -0.05) is 0 Å². The maximum Gasteiger partial charge on any atom is 0.343 e. The van der Waals surface area contributed by atoms with Crippen LogP contribution in [0, 0.1) is 0 Å². The third kappa shape index (κ3) is 1.99. The summed E-state index contributed by atoms with van der Waals surface area (Å²) in [5, 5.41) is 12.8. The van der Waals surface area contributed by atoms with Gasteiger partial charge in [0, 0.05) is 19.5 Å². The predicted molar refractivity (Wildman–Crippen MR) is 57.3 cm³/mol. The van der Waals surface area contributed by atoms with E-state index in [4.69, 9.17) is 4.74 Å². The average Bonchev–Trinajstić information content (AvgIpc) is 2.28. The van der Waals surface area contributed by atoms with Crippen LogP contribution in [0.1, 0.15) is 28.5 Å². The lowest BCUT2D eigenvalue weighted by Gasteiger charge is -2.17. The molecule has 0 atom stereocenters. The first-order valence-electron chi connectivity index (χ1n) is 5.32. The molecule has 2 N–H and O–H groups in total. The van der Waals surface area contributed by atoms with E-state index in [1.807, 2.05) is 0 Å². The molecule has 2 heterocycles. The second-order valence-corrected chi connectivity index (χ2v) is 3.61. The molecule has 16 heavy (non-hydrogen) atoms. The molecular formula is C11H14N2O3. The van der Waals surface area contributed by atoms with Crippen molar-refractivity contribution in [2.45, 2.75) is 19.9 Å². The van der Waals surface area contributed by atoms with Crippen LogP contribution >= 0.6 is 0 Å². The van der Waals surface area contributed by atoms with Gasteiger partial charge in [0.25, 0.3) is 0 Å². The van der Waals surface area contributed by atoms with E-state index < -0.39 is 5.97 Å². The van der Waals surface area contributed by atoms with E-state index in [-0.39, 0.29) is 18.1 Å². The highest BCUT2D eigenvalue weighted by atomic mass is 16.5. The van der Waals surface area contributed by atoms with Crippen molar-refractivity contribution in [3.8, 4) is 5.88 Å². The van der Waals surface area contributed by atoms with Crippen LogP contribution in [0.25, 0.3) is 0 Å². The highest BCUT2D eigenvalue weighted by molar-refractivity contribution is 5.92. The molecule has 1 aromatic heterocycles. The Morgan fingerprint density at radius 1 is 1.69 bits per heavy atom. The molecule has 2 rings (SSSR count). The maximum atomic E-state index is 11.5. The lowest BCUT2D eigenvalue weighted by molar-refractivity contribution is 0.0522. The largest absolute Gasteiger partial charge is 0.493 e. The number of nitrogens with zero attached hydrogens (tertiary/aromatic N) is 1. The van der Waals surface area contributed by atoms with Gasteiger partial charge in [0.05, 0.1) is 12.3 Å². The van der Waals surface area contributed by atoms with Crippen LogP contribution in [-0.2, 0) is 17.7 Å². The number of esters is 1. The third-order valence-corrected chi connectivity index (χ3v) is 2.52. The van der Waals surface area contributed by atoms with Crippen molar-refractivity contribution in [2.75, 3.05) is 13.2 Å². The molecule has 5 nitrogen and oxygen atoms in total. The van der Waals surface area contributed by atoms with Gasteiger partial charge in [0.15, 0.2) is 0 Å². The first-order valence-corrected chi connectivity index (χ1v) is 5.32. The second-order valence-electron chi connectivity index (χ2n) is 3.61. The molecule has 1 aliphatic heterocycles. The molecule has 0 radical (unpaired) electrons. The van der Waals surface area contributed by atoms with E-state index in [2.05, 4.69) is 10.3 Å². The SMILES string of the molecule is CCOC(=O)c1cc2c(nc1O)CCNC2. The van der Waals surface area contributed by atoms with Gasteiger partial charge in [-0.2, -0.15) is 0 Å². The minimum absolute atomic E-state index is 0.143. The minimum atomic E-state index is -0.527. The number of hydrogen-bond donors (Lipinski definition) is 2. The zero-order valence-electron chi connectivity index (χ0n) is 9.12. The summed E-state index contributed by atoms with van der Waals surface area (Å²) < 4.78 is 4.84. The van der Waals surface area contributed by atoms with E-state index in [0.29, 0.717) is 6.54 Å². The molecule has 0 aromatic carbocycles. The van der Waals surface area contributed by atoms with Gasteiger partial charge in [-0.25, -0.2) is 9.78 Å². The summed E-state index contributed by atoms with van der Waals surface area (Å²) in [4.78, 5) is 15.5. The van der Waals surface area contributed by atoms with Gasteiger partial charge < -0.3 is 15.2 Å². The van der Waals surface area contributed by atoms with Crippen molar-refractivity contribution in [2.24, 2.45) is 0 Å². The quantitative estimate of drug-likeness (QED) is 0.717. The van der Waals surface area contributed by atoms with Crippen molar-refractivity contribution in [3.05, 3.63) is 22.9 Å². The number of nitrogens with one attached hydrogen (secondary N) is 1. The predicted octanol–water partition coefficient (Wildman–Crippen LogP) is 0.610. The van der Waals surface area contributed by atoms with Crippen molar-refractivity contribution >= 4 is 5.97 Å². The molecule has 0 saturated heterocycles. The Kier molecular flexibility index (Phi) is 3.05. The summed E-state index contributed by atoms with van der Waals surface area (Å²) in [6, 6.07) is 1.65. The number of fused-ring (bicyclic) bond motifs is 1. The number of pyridine rings is 1. The van der Waals surface area contributed by atoms with E-state index in [1.165, 1.54) is 0 Å². The lowest BCUT2D eigenvalue weighted by Crippen LogP contribution is -2.25. The third-order valence-electron chi connectivity index (χ3n) is 2.52. The monoisotopic (exact) mass is 222 g/mol. The highest BCUT2D eigenvalue weighted by Crippen LogP contribution is 2.21. The van der Waals surface area contributed by atoms with Crippen molar-refractivity contribution < 1.29 is 14.6 Å². The van der Waals surface area contributed by atoms with Gasteiger partial charge >= 0.3 is 5.97 Å². The number of carbonyl (C=O) groups excluding carboxylic acids is 1. The van der Waals surface area contributed by atoms with Crippen molar-refractivity contribution in [1.82, 2.24) is 10.3 Å². The Hall–Kier alpha value is -1.62. The number of hydrogen-bond acceptors (Lipinski definition) is 5. The van der Waals surface area contributed by atoms with E-state index in [0.717, 1.165) is 24.2 Å². The van der Waals surface area contributed by atoms with Crippen LogP contribution < -0.4 is 5.32 Å². The Balaban J connectivity index is 2.35. The summed E-state index contributed by atoms with van der Waals surface area (Å²) in [5.74, 6) is -0.764. The second kappa shape index (κ2) is 4.49. The molecule has 86 valence electrons. The Labute approximate surface area is 93.5 Å². The molecule has 0 amide bonds. The van der Waals surface area contributed by atoms with Crippen LogP contribution in [0.5, 0.6) is 5.88 Å². The molecule has 0 spiro atoms. The van der Waals surface area contributed by atoms with Gasteiger partial charge in [-0.15, -0.1) is 0 Å². The Morgan fingerprint density at radius 3 is 3.25 bits per heavy atom. The fraction of sp³-hybridized carbons (Fsp3) is 0.455. The summed E-state index contributed by atoms with van der Waals surface area (Å²) >= 11 is 0. The van der Waals surface area contributed by atoms with Crippen LogP contribution in [0.15, 0.2) is 6.07 Å². The number of carbonyl (C=O) groups is 1. The topological polar surface area (TPSA) is 71.5 Å². The minimum Gasteiger partial charge on any atom is -0.493 e. The molecule has 5 heteroatoms. The van der Waals surface area contributed by atoms with E-state index in [1.54, 1.807) is 13.0 Å². The highest BCUT2D eigenvalue weighted by Gasteiger charge is 2.19. The van der Waals surface area contributed by atoms with Crippen LogP contribution in [0.4, 0.5) is 0 Å². The Bertz CT molecular complexity index is 418. The fourth-order valence-corrected chi connectivity index (χ4v) is 1.74. The number of aromatic hydroxyl groups is 1. The van der Waals surface area contributed by atoms with Gasteiger partial charge in [0.2, 0.25) is 5.88 Å². The van der Waals surface area contributed by atoms with E-state index in [9.17, 15) is 9.90 Å². The molecule has 0 saturated carbocycles.